The van der Waals surface area contributed by atoms with E-state index < -0.39 is 24.2 Å². The molecule has 0 spiro atoms. The molecule has 1 aromatic rings. The van der Waals surface area contributed by atoms with Crippen LogP contribution in [0.1, 0.15) is 56.8 Å². The van der Waals surface area contributed by atoms with Crippen LogP contribution in [0.3, 0.4) is 0 Å². The van der Waals surface area contributed by atoms with E-state index in [1.54, 1.807) is 0 Å². The van der Waals surface area contributed by atoms with Gasteiger partial charge in [0.05, 0.1) is 6.04 Å². The SMILES string of the molecule is O=C(N[C@@H](C1CCCC1)C(F)(F)F)N1CCCC[C@H]1c1ncn[nH]1. The molecule has 0 aromatic carbocycles. The van der Waals surface area contributed by atoms with E-state index in [0.29, 0.717) is 31.6 Å². The summed E-state index contributed by atoms with van der Waals surface area (Å²) < 4.78 is 40.2. The van der Waals surface area contributed by atoms with Gasteiger partial charge in [-0.25, -0.2) is 9.78 Å². The first kappa shape index (κ1) is 17.0. The van der Waals surface area contributed by atoms with Gasteiger partial charge in [-0.05, 0) is 38.0 Å². The third-order valence-corrected chi connectivity index (χ3v) is 5.02. The van der Waals surface area contributed by atoms with Crippen molar-refractivity contribution in [2.75, 3.05) is 6.54 Å². The second-order valence-electron chi connectivity index (χ2n) is 6.59. The van der Waals surface area contributed by atoms with E-state index in [1.165, 1.54) is 11.2 Å². The molecular weight excluding hydrogens is 323 g/mol. The number of nitrogens with zero attached hydrogens (tertiary/aromatic N) is 3. The number of H-pyrrole nitrogens is 1. The highest BCUT2D eigenvalue weighted by molar-refractivity contribution is 5.75. The van der Waals surface area contributed by atoms with Crippen molar-refractivity contribution in [3.63, 3.8) is 0 Å². The van der Waals surface area contributed by atoms with Gasteiger partial charge in [-0.2, -0.15) is 18.3 Å². The molecule has 24 heavy (non-hydrogen) atoms. The van der Waals surface area contributed by atoms with Gasteiger partial charge in [0, 0.05) is 6.54 Å². The third kappa shape index (κ3) is 3.64. The zero-order chi connectivity index (χ0) is 17.2. The number of urea groups is 1. The molecule has 2 amide bonds. The van der Waals surface area contributed by atoms with Crippen LogP contribution in [0.2, 0.25) is 0 Å². The monoisotopic (exact) mass is 345 g/mol. The molecule has 9 heteroatoms. The Morgan fingerprint density at radius 2 is 1.96 bits per heavy atom. The van der Waals surface area contributed by atoms with Crippen molar-refractivity contribution >= 4 is 6.03 Å². The number of nitrogens with one attached hydrogen (secondary N) is 2. The molecule has 0 unspecified atom stereocenters. The predicted octanol–water partition coefficient (Wildman–Crippen LogP) is 3.16. The minimum Gasteiger partial charge on any atom is -0.326 e. The smallest absolute Gasteiger partial charge is 0.326 e. The fourth-order valence-electron chi connectivity index (χ4n) is 3.81. The quantitative estimate of drug-likeness (QED) is 0.884. The molecule has 0 radical (unpaired) electrons. The topological polar surface area (TPSA) is 73.9 Å². The van der Waals surface area contributed by atoms with Gasteiger partial charge in [0.2, 0.25) is 0 Å². The summed E-state index contributed by atoms with van der Waals surface area (Å²) in [7, 11) is 0. The zero-order valence-electron chi connectivity index (χ0n) is 13.4. The molecule has 1 saturated heterocycles. The van der Waals surface area contributed by atoms with Crippen LogP contribution in [-0.4, -0.2) is 44.9 Å². The number of hydrogen-bond acceptors (Lipinski definition) is 3. The Morgan fingerprint density at radius 1 is 1.25 bits per heavy atom. The molecule has 134 valence electrons. The molecule has 2 atom stereocenters. The van der Waals surface area contributed by atoms with Crippen molar-refractivity contribution in [3.8, 4) is 0 Å². The first-order valence-corrected chi connectivity index (χ1v) is 8.46. The average Bonchev–Trinajstić information content (AvgIpc) is 3.24. The molecule has 1 saturated carbocycles. The van der Waals surface area contributed by atoms with Crippen molar-refractivity contribution in [1.29, 1.82) is 0 Å². The number of carbonyl (C=O) groups is 1. The summed E-state index contributed by atoms with van der Waals surface area (Å²) in [6.45, 7) is 0.423. The van der Waals surface area contributed by atoms with Crippen LogP contribution >= 0.6 is 0 Å². The maximum absolute atomic E-state index is 13.4. The first-order chi connectivity index (χ1) is 11.5. The van der Waals surface area contributed by atoms with Crippen LogP contribution in [0, 0.1) is 5.92 Å². The van der Waals surface area contributed by atoms with E-state index in [2.05, 4.69) is 20.5 Å². The van der Waals surface area contributed by atoms with E-state index in [-0.39, 0.29) is 6.04 Å². The summed E-state index contributed by atoms with van der Waals surface area (Å²) >= 11 is 0. The Balaban J connectivity index is 1.73. The number of rotatable bonds is 3. The van der Waals surface area contributed by atoms with E-state index >= 15 is 0 Å². The minimum absolute atomic E-state index is 0.348. The van der Waals surface area contributed by atoms with Crippen LogP contribution in [0.15, 0.2) is 6.33 Å². The number of hydrogen-bond donors (Lipinski definition) is 2. The second-order valence-corrected chi connectivity index (χ2v) is 6.59. The lowest BCUT2D eigenvalue weighted by atomic mass is 9.97. The third-order valence-electron chi connectivity index (χ3n) is 5.02. The van der Waals surface area contributed by atoms with Gasteiger partial charge in [-0.1, -0.05) is 12.8 Å². The van der Waals surface area contributed by atoms with Gasteiger partial charge in [0.15, 0.2) is 0 Å². The maximum Gasteiger partial charge on any atom is 0.408 e. The molecule has 3 rings (SSSR count). The van der Waals surface area contributed by atoms with Crippen molar-refractivity contribution in [1.82, 2.24) is 25.4 Å². The fourth-order valence-corrected chi connectivity index (χ4v) is 3.81. The average molecular weight is 345 g/mol. The van der Waals surface area contributed by atoms with Crippen molar-refractivity contribution in [2.24, 2.45) is 5.92 Å². The van der Waals surface area contributed by atoms with Gasteiger partial charge in [0.1, 0.15) is 18.2 Å². The molecule has 1 aromatic heterocycles. The molecule has 1 aliphatic carbocycles. The highest BCUT2D eigenvalue weighted by Gasteiger charge is 2.47. The molecule has 2 fully saturated rings. The van der Waals surface area contributed by atoms with E-state index in [9.17, 15) is 18.0 Å². The predicted molar refractivity (Wildman–Crippen MR) is 80.0 cm³/mol. The van der Waals surface area contributed by atoms with Crippen LogP contribution in [0.25, 0.3) is 0 Å². The number of aromatic amines is 1. The maximum atomic E-state index is 13.4. The van der Waals surface area contributed by atoms with Crippen LogP contribution in [-0.2, 0) is 0 Å². The standard InChI is InChI=1S/C15H22F3N5O/c16-15(17,18)12(10-5-1-2-6-10)21-14(24)23-8-4-3-7-11(23)13-19-9-20-22-13/h9-12H,1-8H2,(H,21,24)(H,19,20,22)/t11-,12-/m0/s1. The molecule has 2 aliphatic rings. The second kappa shape index (κ2) is 6.98. The Bertz CT molecular complexity index is 542. The molecular formula is C15H22F3N5O. The Hall–Kier alpha value is -1.80. The summed E-state index contributed by atoms with van der Waals surface area (Å²) in [5, 5.41) is 8.77. The lowest BCUT2D eigenvalue weighted by Crippen LogP contribution is -2.55. The Morgan fingerprint density at radius 3 is 2.58 bits per heavy atom. The number of aromatic nitrogens is 3. The van der Waals surface area contributed by atoms with Crippen LogP contribution in [0.5, 0.6) is 0 Å². The lowest BCUT2D eigenvalue weighted by Gasteiger charge is -2.36. The van der Waals surface area contributed by atoms with Gasteiger partial charge in [-0.15, -0.1) is 0 Å². The van der Waals surface area contributed by atoms with E-state index in [1.807, 2.05) is 0 Å². The normalized spacial score (nSPS) is 24.1. The van der Waals surface area contributed by atoms with Gasteiger partial charge in [-0.3, -0.25) is 5.10 Å². The summed E-state index contributed by atoms with van der Waals surface area (Å²) in [4.78, 5) is 18.1. The Labute approximate surface area is 138 Å². The number of piperidine rings is 1. The molecule has 2 N–H and O–H groups in total. The highest BCUT2D eigenvalue weighted by Crippen LogP contribution is 2.36. The molecule has 6 nitrogen and oxygen atoms in total. The summed E-state index contributed by atoms with van der Waals surface area (Å²) in [5.41, 5.74) is 0. The van der Waals surface area contributed by atoms with Crippen molar-refractivity contribution < 1.29 is 18.0 Å². The largest absolute Gasteiger partial charge is 0.408 e. The van der Waals surface area contributed by atoms with Crippen molar-refractivity contribution in [2.45, 2.75) is 63.2 Å². The molecule has 1 aliphatic heterocycles. The number of amides is 2. The van der Waals surface area contributed by atoms with E-state index in [0.717, 1.165) is 25.7 Å². The summed E-state index contributed by atoms with van der Waals surface area (Å²) in [6.07, 6.45) is 1.86. The van der Waals surface area contributed by atoms with E-state index in [4.69, 9.17) is 0 Å². The zero-order valence-corrected chi connectivity index (χ0v) is 13.4. The van der Waals surface area contributed by atoms with Gasteiger partial charge in [0.25, 0.3) is 0 Å². The van der Waals surface area contributed by atoms with Crippen LogP contribution in [0.4, 0.5) is 18.0 Å². The summed E-state index contributed by atoms with van der Waals surface area (Å²) in [5.74, 6) is -0.00301. The Kier molecular flexibility index (Phi) is 4.96. The van der Waals surface area contributed by atoms with Crippen LogP contribution < -0.4 is 5.32 Å². The van der Waals surface area contributed by atoms with Gasteiger partial charge < -0.3 is 10.2 Å². The lowest BCUT2D eigenvalue weighted by molar-refractivity contribution is -0.165. The molecule has 0 bridgehead atoms. The number of carbonyl (C=O) groups excluding carboxylic acids is 1. The first-order valence-electron chi connectivity index (χ1n) is 8.46. The summed E-state index contributed by atoms with van der Waals surface area (Å²) in [6, 6.07) is -2.78. The fraction of sp³-hybridized carbons (Fsp3) is 0.800. The number of alkyl halides is 3. The highest BCUT2D eigenvalue weighted by atomic mass is 19.4. The minimum atomic E-state index is -4.43. The van der Waals surface area contributed by atoms with Gasteiger partial charge >= 0.3 is 12.2 Å². The number of likely N-dealkylation sites (tertiary alicyclic amines) is 1. The van der Waals surface area contributed by atoms with Crippen molar-refractivity contribution in [3.05, 3.63) is 12.2 Å². The molecule has 2 heterocycles. The number of halogens is 3.